The van der Waals surface area contributed by atoms with E-state index in [1.165, 1.54) is 0 Å². The number of carbonyl (C=O) groups is 2. The standard InChI is InChI=1S/C24H25N5O3/c1-15-4-5-22(27-11-15)18-8-19(10-21(9-18)29-6-7-32-14-23(29)30)24(31)28-16(2)20-12-25-17(3)26-13-20/h4-5,8-13,16H,6-7,14H2,1-3H3,(H,28,31)/t16-/m1/s1. The van der Waals surface area contributed by atoms with Gasteiger partial charge in [-0.05, 0) is 50.6 Å². The molecule has 1 aliphatic rings. The van der Waals surface area contributed by atoms with E-state index in [-0.39, 0.29) is 24.5 Å². The molecular weight excluding hydrogens is 406 g/mol. The third-order valence-corrected chi connectivity index (χ3v) is 5.33. The summed E-state index contributed by atoms with van der Waals surface area (Å²) in [6.45, 7) is 6.57. The van der Waals surface area contributed by atoms with Crippen molar-refractivity contribution in [1.29, 1.82) is 0 Å². The van der Waals surface area contributed by atoms with Crippen LogP contribution in [0.5, 0.6) is 0 Å². The first kappa shape index (κ1) is 21.6. The molecule has 1 fully saturated rings. The van der Waals surface area contributed by atoms with Gasteiger partial charge in [0.05, 0.1) is 18.3 Å². The number of hydrogen-bond acceptors (Lipinski definition) is 6. The number of ether oxygens (including phenoxy) is 1. The highest BCUT2D eigenvalue weighted by Crippen LogP contribution is 2.27. The Morgan fingerprint density at radius 2 is 1.88 bits per heavy atom. The Morgan fingerprint density at radius 3 is 2.56 bits per heavy atom. The molecule has 0 radical (unpaired) electrons. The normalized spacial score (nSPS) is 14.8. The van der Waals surface area contributed by atoms with Crippen LogP contribution < -0.4 is 10.2 Å². The van der Waals surface area contributed by atoms with E-state index in [1.807, 2.05) is 39.0 Å². The van der Waals surface area contributed by atoms with Gasteiger partial charge < -0.3 is 15.0 Å². The Labute approximate surface area is 186 Å². The molecule has 0 spiro atoms. The van der Waals surface area contributed by atoms with Crippen molar-refractivity contribution in [2.24, 2.45) is 0 Å². The van der Waals surface area contributed by atoms with Crippen molar-refractivity contribution in [2.45, 2.75) is 26.8 Å². The molecule has 1 atom stereocenters. The number of aromatic nitrogens is 3. The Kier molecular flexibility index (Phi) is 6.23. The molecule has 8 heteroatoms. The number of carbonyl (C=O) groups excluding carboxylic acids is 2. The van der Waals surface area contributed by atoms with Crippen LogP contribution in [0.4, 0.5) is 5.69 Å². The number of hydrogen-bond donors (Lipinski definition) is 1. The first-order chi connectivity index (χ1) is 15.4. The lowest BCUT2D eigenvalue weighted by atomic mass is 10.0. The quantitative estimate of drug-likeness (QED) is 0.667. The average molecular weight is 431 g/mol. The van der Waals surface area contributed by atoms with Crippen LogP contribution in [0.25, 0.3) is 11.3 Å². The second-order valence-corrected chi connectivity index (χ2v) is 7.85. The average Bonchev–Trinajstić information content (AvgIpc) is 2.80. The highest BCUT2D eigenvalue weighted by molar-refractivity contribution is 6.00. The van der Waals surface area contributed by atoms with Gasteiger partial charge >= 0.3 is 0 Å². The fourth-order valence-corrected chi connectivity index (χ4v) is 3.47. The predicted molar refractivity (Wildman–Crippen MR) is 120 cm³/mol. The van der Waals surface area contributed by atoms with Gasteiger partial charge in [0.1, 0.15) is 12.4 Å². The van der Waals surface area contributed by atoms with Crippen LogP contribution in [-0.2, 0) is 9.53 Å². The number of rotatable bonds is 5. The summed E-state index contributed by atoms with van der Waals surface area (Å²) in [4.78, 5) is 40.1. The number of morpholine rings is 1. The van der Waals surface area contributed by atoms with E-state index in [0.29, 0.717) is 30.2 Å². The van der Waals surface area contributed by atoms with Crippen molar-refractivity contribution in [1.82, 2.24) is 20.3 Å². The summed E-state index contributed by atoms with van der Waals surface area (Å²) in [5.74, 6) is 0.279. The van der Waals surface area contributed by atoms with Crippen molar-refractivity contribution in [2.75, 3.05) is 24.7 Å². The fraction of sp³-hybridized carbons (Fsp3) is 0.292. The van der Waals surface area contributed by atoms with E-state index >= 15 is 0 Å². The second-order valence-electron chi connectivity index (χ2n) is 7.85. The minimum absolute atomic E-state index is 0.0268. The van der Waals surface area contributed by atoms with E-state index in [1.54, 1.807) is 35.6 Å². The molecule has 1 saturated heterocycles. The zero-order chi connectivity index (χ0) is 22.7. The van der Waals surface area contributed by atoms with Gasteiger partial charge in [-0.25, -0.2) is 9.97 Å². The van der Waals surface area contributed by atoms with Gasteiger partial charge in [-0.1, -0.05) is 6.07 Å². The van der Waals surface area contributed by atoms with Gasteiger partial charge in [0.25, 0.3) is 11.8 Å². The largest absolute Gasteiger partial charge is 0.370 e. The van der Waals surface area contributed by atoms with Gasteiger partial charge in [0.2, 0.25) is 0 Å². The van der Waals surface area contributed by atoms with Crippen molar-refractivity contribution in [3.05, 3.63) is 71.4 Å². The van der Waals surface area contributed by atoms with Crippen molar-refractivity contribution in [3.63, 3.8) is 0 Å². The smallest absolute Gasteiger partial charge is 0.253 e. The second kappa shape index (κ2) is 9.23. The third-order valence-electron chi connectivity index (χ3n) is 5.33. The lowest BCUT2D eigenvalue weighted by Gasteiger charge is -2.27. The Hall–Kier alpha value is -3.65. The molecule has 0 unspecified atom stereocenters. The number of pyridine rings is 1. The van der Waals surface area contributed by atoms with Crippen molar-refractivity contribution in [3.8, 4) is 11.3 Å². The van der Waals surface area contributed by atoms with Crippen LogP contribution in [0.1, 0.15) is 40.3 Å². The number of amides is 2. The Balaban J connectivity index is 1.67. The zero-order valence-corrected chi connectivity index (χ0v) is 18.3. The maximum absolute atomic E-state index is 13.1. The van der Waals surface area contributed by atoms with Gasteiger partial charge in [0.15, 0.2) is 0 Å². The van der Waals surface area contributed by atoms with Crippen molar-refractivity contribution >= 4 is 17.5 Å². The topological polar surface area (TPSA) is 97.3 Å². The van der Waals surface area contributed by atoms with Crippen LogP contribution >= 0.6 is 0 Å². The molecule has 0 bridgehead atoms. The molecule has 2 amide bonds. The lowest BCUT2D eigenvalue weighted by Crippen LogP contribution is -2.41. The Bertz CT molecular complexity index is 1130. The van der Waals surface area contributed by atoms with E-state index in [2.05, 4.69) is 20.3 Å². The Morgan fingerprint density at radius 1 is 1.09 bits per heavy atom. The monoisotopic (exact) mass is 431 g/mol. The molecule has 8 nitrogen and oxygen atoms in total. The number of nitrogens with one attached hydrogen (secondary N) is 1. The highest BCUT2D eigenvalue weighted by Gasteiger charge is 2.23. The van der Waals surface area contributed by atoms with E-state index in [0.717, 1.165) is 22.4 Å². The summed E-state index contributed by atoms with van der Waals surface area (Å²) in [5, 5.41) is 2.99. The molecule has 3 aromatic rings. The first-order valence-corrected chi connectivity index (χ1v) is 10.5. The SMILES string of the molecule is Cc1ccc(-c2cc(C(=O)N[C@H](C)c3cnc(C)nc3)cc(N3CCOCC3=O)c2)nc1. The summed E-state index contributed by atoms with van der Waals surface area (Å²) in [6.07, 6.45) is 5.19. The number of benzene rings is 1. The molecule has 1 aromatic carbocycles. The molecule has 3 heterocycles. The zero-order valence-electron chi connectivity index (χ0n) is 18.3. The van der Waals surface area contributed by atoms with Gasteiger partial charge in [-0.3, -0.25) is 14.6 Å². The number of nitrogens with zero attached hydrogens (tertiary/aromatic N) is 4. The van der Waals surface area contributed by atoms with Crippen LogP contribution in [0.15, 0.2) is 48.9 Å². The fourth-order valence-electron chi connectivity index (χ4n) is 3.47. The van der Waals surface area contributed by atoms with E-state index < -0.39 is 0 Å². The number of anilines is 1. The maximum atomic E-state index is 13.1. The lowest BCUT2D eigenvalue weighted by molar-refractivity contribution is -0.125. The first-order valence-electron chi connectivity index (χ1n) is 10.5. The van der Waals surface area contributed by atoms with Gasteiger partial charge in [-0.15, -0.1) is 0 Å². The summed E-state index contributed by atoms with van der Waals surface area (Å²) in [7, 11) is 0. The van der Waals surface area contributed by atoms with Crippen LogP contribution in [-0.4, -0.2) is 46.5 Å². The minimum Gasteiger partial charge on any atom is -0.370 e. The van der Waals surface area contributed by atoms with Gasteiger partial charge in [0, 0.05) is 47.5 Å². The summed E-state index contributed by atoms with van der Waals surface area (Å²) in [5.41, 5.74) is 4.43. The third kappa shape index (κ3) is 4.81. The van der Waals surface area contributed by atoms with Crippen LogP contribution in [0, 0.1) is 13.8 Å². The molecule has 2 aromatic heterocycles. The van der Waals surface area contributed by atoms with Crippen LogP contribution in [0.2, 0.25) is 0 Å². The maximum Gasteiger partial charge on any atom is 0.253 e. The molecule has 0 saturated carbocycles. The summed E-state index contributed by atoms with van der Waals surface area (Å²) < 4.78 is 5.25. The molecule has 164 valence electrons. The molecular formula is C24H25N5O3. The summed E-state index contributed by atoms with van der Waals surface area (Å²) in [6, 6.07) is 9.00. The van der Waals surface area contributed by atoms with Crippen LogP contribution in [0.3, 0.4) is 0 Å². The molecule has 1 aliphatic heterocycles. The van der Waals surface area contributed by atoms with E-state index in [9.17, 15) is 9.59 Å². The molecule has 4 rings (SSSR count). The minimum atomic E-state index is -0.280. The molecule has 1 N–H and O–H groups in total. The number of aryl methyl sites for hydroxylation is 2. The summed E-state index contributed by atoms with van der Waals surface area (Å²) >= 11 is 0. The van der Waals surface area contributed by atoms with Crippen molar-refractivity contribution < 1.29 is 14.3 Å². The predicted octanol–water partition coefficient (Wildman–Crippen LogP) is 3.01. The molecule has 0 aliphatic carbocycles. The molecule has 32 heavy (non-hydrogen) atoms. The van der Waals surface area contributed by atoms with E-state index in [4.69, 9.17) is 4.74 Å². The highest BCUT2D eigenvalue weighted by atomic mass is 16.5. The van der Waals surface area contributed by atoms with Gasteiger partial charge in [-0.2, -0.15) is 0 Å².